The monoisotopic (exact) mass is 389 g/mol. The van der Waals surface area contributed by atoms with E-state index in [2.05, 4.69) is 0 Å². The third kappa shape index (κ3) is 2.76. The van der Waals surface area contributed by atoms with Crippen molar-refractivity contribution in [1.82, 2.24) is 4.57 Å². The molecule has 5 aromatic rings. The molecule has 4 aromatic carbocycles. The zero-order valence-electron chi connectivity index (χ0n) is 14.7. The summed E-state index contributed by atoms with van der Waals surface area (Å²) in [5.41, 5.74) is 4.18. The van der Waals surface area contributed by atoms with Gasteiger partial charge in [-0.2, -0.15) is 0 Å². The van der Waals surface area contributed by atoms with Gasteiger partial charge in [0, 0.05) is 21.5 Å². The fourth-order valence-corrected chi connectivity index (χ4v) is 3.93. The molecule has 1 nitrogen and oxygen atoms in total. The number of nitrogens with zero attached hydrogens (tertiary/aromatic N) is 1. The summed E-state index contributed by atoms with van der Waals surface area (Å²) < 4.78 is 29.9. The van der Waals surface area contributed by atoms with Crippen molar-refractivity contribution in [1.29, 1.82) is 0 Å². The van der Waals surface area contributed by atoms with E-state index in [0.29, 0.717) is 16.1 Å². The second kappa shape index (κ2) is 6.47. The van der Waals surface area contributed by atoms with Gasteiger partial charge in [0.05, 0.1) is 11.0 Å². The number of hydrogen-bond donors (Lipinski definition) is 0. The van der Waals surface area contributed by atoms with E-state index in [1.54, 1.807) is 12.1 Å². The second-order valence-electron chi connectivity index (χ2n) is 6.72. The lowest BCUT2D eigenvalue weighted by atomic mass is 10.1. The van der Waals surface area contributed by atoms with Crippen LogP contribution in [0.15, 0.2) is 84.9 Å². The molecular formula is C24H14ClF2N. The van der Waals surface area contributed by atoms with Crippen molar-refractivity contribution < 1.29 is 8.78 Å². The van der Waals surface area contributed by atoms with Crippen LogP contribution in [0.5, 0.6) is 0 Å². The molecule has 136 valence electrons. The van der Waals surface area contributed by atoms with Gasteiger partial charge in [-0.3, -0.25) is 0 Å². The van der Waals surface area contributed by atoms with Gasteiger partial charge in [-0.25, -0.2) is 8.78 Å². The first-order valence-corrected chi connectivity index (χ1v) is 9.23. The summed E-state index contributed by atoms with van der Waals surface area (Å²) in [5, 5.41) is 2.41. The van der Waals surface area contributed by atoms with Gasteiger partial charge in [0.15, 0.2) is 0 Å². The molecule has 0 aliphatic rings. The summed E-state index contributed by atoms with van der Waals surface area (Å²) >= 11 is 6.14. The van der Waals surface area contributed by atoms with Gasteiger partial charge in [0.2, 0.25) is 0 Å². The summed E-state index contributed by atoms with van der Waals surface area (Å²) in [6.45, 7) is 0. The summed E-state index contributed by atoms with van der Waals surface area (Å²) in [6, 6.07) is 24.8. The van der Waals surface area contributed by atoms with Crippen LogP contribution >= 0.6 is 11.6 Å². The largest absolute Gasteiger partial charge is 0.309 e. The van der Waals surface area contributed by atoms with Crippen molar-refractivity contribution in [2.75, 3.05) is 0 Å². The minimum atomic E-state index is -0.331. The Hall–Kier alpha value is -3.17. The Labute approximate surface area is 165 Å². The molecule has 0 saturated heterocycles. The molecule has 1 aromatic heterocycles. The van der Waals surface area contributed by atoms with Crippen molar-refractivity contribution >= 4 is 33.4 Å². The zero-order chi connectivity index (χ0) is 19.3. The number of aromatic nitrogens is 1. The highest BCUT2D eigenvalue weighted by Gasteiger charge is 2.14. The highest BCUT2D eigenvalue weighted by molar-refractivity contribution is 6.30. The van der Waals surface area contributed by atoms with Crippen molar-refractivity contribution in [3.63, 3.8) is 0 Å². The van der Waals surface area contributed by atoms with E-state index in [-0.39, 0.29) is 11.6 Å². The fourth-order valence-electron chi connectivity index (χ4n) is 3.74. The SMILES string of the molecule is Fc1ccc2c3ccc(F)cc3n(-c3cccc(-c4cccc(Cl)c4)c3)c2c1. The highest BCUT2D eigenvalue weighted by Crippen LogP contribution is 2.34. The van der Waals surface area contributed by atoms with Gasteiger partial charge in [-0.1, -0.05) is 35.9 Å². The van der Waals surface area contributed by atoms with Crippen molar-refractivity contribution in [2.24, 2.45) is 0 Å². The third-order valence-electron chi connectivity index (χ3n) is 4.95. The maximum Gasteiger partial charge on any atom is 0.125 e. The van der Waals surface area contributed by atoms with E-state index in [1.165, 1.54) is 24.3 Å². The first kappa shape index (κ1) is 17.0. The van der Waals surface area contributed by atoms with Gasteiger partial charge in [-0.05, 0) is 71.8 Å². The van der Waals surface area contributed by atoms with Gasteiger partial charge < -0.3 is 4.57 Å². The van der Waals surface area contributed by atoms with E-state index >= 15 is 0 Å². The normalized spacial score (nSPS) is 11.4. The molecule has 0 radical (unpaired) electrons. The molecular weight excluding hydrogens is 376 g/mol. The Morgan fingerprint density at radius 1 is 0.607 bits per heavy atom. The van der Waals surface area contributed by atoms with Crippen LogP contribution in [0, 0.1) is 11.6 Å². The van der Waals surface area contributed by atoms with Crippen LogP contribution < -0.4 is 0 Å². The fraction of sp³-hybridized carbons (Fsp3) is 0. The molecule has 28 heavy (non-hydrogen) atoms. The maximum absolute atomic E-state index is 14.0. The number of hydrogen-bond acceptors (Lipinski definition) is 0. The summed E-state index contributed by atoms with van der Waals surface area (Å²) in [5.74, 6) is -0.661. The predicted octanol–water partition coefficient (Wildman–Crippen LogP) is 7.38. The lowest BCUT2D eigenvalue weighted by molar-refractivity contribution is 0.629. The van der Waals surface area contributed by atoms with Crippen LogP contribution in [0.4, 0.5) is 8.78 Å². The third-order valence-corrected chi connectivity index (χ3v) is 5.19. The Balaban J connectivity index is 1.82. The zero-order valence-corrected chi connectivity index (χ0v) is 15.4. The molecule has 0 aliphatic heterocycles. The van der Waals surface area contributed by atoms with E-state index in [4.69, 9.17) is 11.6 Å². The van der Waals surface area contributed by atoms with Crippen LogP contribution in [-0.4, -0.2) is 4.57 Å². The van der Waals surface area contributed by atoms with E-state index in [9.17, 15) is 8.78 Å². The average Bonchev–Trinajstić information content (AvgIpc) is 3.00. The van der Waals surface area contributed by atoms with Gasteiger partial charge in [-0.15, -0.1) is 0 Å². The highest BCUT2D eigenvalue weighted by atomic mass is 35.5. The maximum atomic E-state index is 14.0. The molecule has 0 aliphatic carbocycles. The molecule has 1 heterocycles. The first-order valence-electron chi connectivity index (χ1n) is 8.86. The second-order valence-corrected chi connectivity index (χ2v) is 7.16. The smallest absolute Gasteiger partial charge is 0.125 e. The number of fused-ring (bicyclic) bond motifs is 3. The van der Waals surface area contributed by atoms with Crippen molar-refractivity contribution in [2.45, 2.75) is 0 Å². The lowest BCUT2D eigenvalue weighted by Gasteiger charge is -2.10. The summed E-state index contributed by atoms with van der Waals surface area (Å²) in [6.07, 6.45) is 0. The van der Waals surface area contributed by atoms with E-state index in [1.807, 2.05) is 53.1 Å². The molecule has 0 bridgehead atoms. The molecule has 0 atom stereocenters. The quantitative estimate of drug-likeness (QED) is 0.297. The van der Waals surface area contributed by atoms with Gasteiger partial charge in [0.25, 0.3) is 0 Å². The Morgan fingerprint density at radius 2 is 1.18 bits per heavy atom. The van der Waals surface area contributed by atoms with Crippen LogP contribution in [0.2, 0.25) is 5.02 Å². The number of rotatable bonds is 2. The van der Waals surface area contributed by atoms with Crippen LogP contribution in [0.1, 0.15) is 0 Å². The topological polar surface area (TPSA) is 4.93 Å². The van der Waals surface area contributed by atoms with Crippen LogP contribution in [-0.2, 0) is 0 Å². The molecule has 0 fully saturated rings. The molecule has 4 heteroatoms. The summed E-state index contributed by atoms with van der Waals surface area (Å²) in [4.78, 5) is 0. The standard InChI is InChI=1S/C24H14ClF2N/c25-17-5-1-3-15(11-17)16-4-2-6-20(12-16)28-23-13-18(26)7-9-21(23)22-10-8-19(27)14-24(22)28/h1-14H. The molecule has 0 N–H and O–H groups in total. The van der Waals surface area contributed by atoms with Crippen LogP contribution in [0.3, 0.4) is 0 Å². The Bertz CT molecular complexity index is 1290. The molecule has 0 unspecified atom stereocenters. The van der Waals surface area contributed by atoms with E-state index < -0.39 is 0 Å². The van der Waals surface area contributed by atoms with E-state index in [0.717, 1.165) is 27.6 Å². The van der Waals surface area contributed by atoms with Gasteiger partial charge in [0.1, 0.15) is 11.6 Å². The Morgan fingerprint density at radius 3 is 1.79 bits per heavy atom. The number of halogens is 3. The predicted molar refractivity (Wildman–Crippen MR) is 111 cm³/mol. The van der Waals surface area contributed by atoms with Gasteiger partial charge >= 0.3 is 0 Å². The lowest BCUT2D eigenvalue weighted by Crippen LogP contribution is -1.95. The summed E-state index contributed by atoms with van der Waals surface area (Å²) in [7, 11) is 0. The molecule has 0 saturated carbocycles. The molecule has 0 spiro atoms. The molecule has 5 rings (SSSR count). The minimum Gasteiger partial charge on any atom is -0.309 e. The first-order chi connectivity index (χ1) is 13.6. The van der Waals surface area contributed by atoms with Crippen molar-refractivity contribution in [3.05, 3.63) is 102 Å². The Kier molecular flexibility index (Phi) is 3.92. The van der Waals surface area contributed by atoms with Crippen LogP contribution in [0.25, 0.3) is 38.6 Å². The van der Waals surface area contributed by atoms with Crippen molar-refractivity contribution in [3.8, 4) is 16.8 Å². The average molecular weight is 390 g/mol. The molecule has 0 amide bonds. The minimum absolute atomic E-state index is 0.331. The number of benzene rings is 4.